The quantitative estimate of drug-likeness (QED) is 0.137. The van der Waals surface area contributed by atoms with Gasteiger partial charge >= 0.3 is 0 Å². The first-order valence-corrected chi connectivity index (χ1v) is 38.2. The number of aromatic nitrogens is 2. The molecule has 0 amide bonds. The zero-order valence-corrected chi connectivity index (χ0v) is 61.1. The molecule has 0 bridgehead atoms. The summed E-state index contributed by atoms with van der Waals surface area (Å²) in [5, 5.41) is 16.2. The Morgan fingerprint density at radius 3 is 1.04 bits per heavy atom. The standard InChI is InChI=1S/C104H70N4O2/c1-103(2)91-27-15-13-25-83(91)85-49-43-79(59-93(85)103)107-95-61-90-88-46-38-68-56-78(106(74-23-9-6-10-24-74)76-40-36-64-52-72(34-32-66(64)54-76)100-58-70-20-12-18-30-98(70)110-100)42-48-82(68)102(88)108(80-44-50-86-84-26-14-16-28-92(84)104(3,4)94(86)60-80)96(90)62-89(95)87-45-37-67-55-77(41-47-81(67)101(87)107)105(73-21-7-5-8-22-73)75-39-35-63-51-71(33-31-65(63)53-75)99-57-69-19-11-17-29-97(69)109-99/h5-62H,1-4H3. The van der Waals surface area contributed by atoms with E-state index in [2.05, 4.69) is 374 Å². The first kappa shape index (κ1) is 62.3. The second-order valence-electron chi connectivity index (χ2n) is 31.2. The zero-order chi connectivity index (χ0) is 72.8. The predicted molar refractivity (Wildman–Crippen MR) is 460 cm³/mol. The number of para-hydroxylation sites is 4. The molecule has 2 aliphatic rings. The molecule has 23 rings (SSSR count). The lowest BCUT2D eigenvalue weighted by atomic mass is 9.82. The zero-order valence-electron chi connectivity index (χ0n) is 61.1. The number of benzene rings is 17. The molecule has 0 atom stereocenters. The van der Waals surface area contributed by atoms with Crippen LogP contribution in [0, 0.1) is 0 Å². The smallest absolute Gasteiger partial charge is 0.135 e. The van der Waals surface area contributed by atoms with Crippen LogP contribution >= 0.6 is 0 Å². The molecule has 0 saturated carbocycles. The summed E-state index contributed by atoms with van der Waals surface area (Å²) < 4.78 is 17.9. The maximum Gasteiger partial charge on any atom is 0.135 e. The average molecular weight is 1410 g/mol. The van der Waals surface area contributed by atoms with Crippen LogP contribution in [0.3, 0.4) is 0 Å². The van der Waals surface area contributed by atoms with E-state index in [1.807, 2.05) is 24.3 Å². The summed E-state index contributed by atoms with van der Waals surface area (Å²) in [6.45, 7) is 9.57. The Bertz CT molecular complexity index is 6980. The van der Waals surface area contributed by atoms with Gasteiger partial charge in [-0.2, -0.15) is 0 Å². The van der Waals surface area contributed by atoms with Crippen molar-refractivity contribution in [2.24, 2.45) is 0 Å². The Balaban J connectivity index is 0.723. The number of furan rings is 2. The molecule has 0 saturated heterocycles. The van der Waals surface area contributed by atoms with Gasteiger partial charge in [0.2, 0.25) is 0 Å². The van der Waals surface area contributed by atoms with E-state index in [0.29, 0.717) is 0 Å². The first-order chi connectivity index (χ1) is 54.0. The molecular weight excluding hydrogens is 1340 g/mol. The second kappa shape index (κ2) is 23.3. The summed E-state index contributed by atoms with van der Waals surface area (Å²) in [5.41, 5.74) is 27.4. The third kappa shape index (κ3) is 9.29. The Morgan fingerprint density at radius 1 is 0.236 bits per heavy atom. The minimum atomic E-state index is -0.221. The van der Waals surface area contributed by atoms with Gasteiger partial charge in [0.1, 0.15) is 22.7 Å². The van der Waals surface area contributed by atoms with Gasteiger partial charge in [0.25, 0.3) is 0 Å². The fraction of sp³-hybridized carbons (Fsp3) is 0.0577. The van der Waals surface area contributed by atoms with Crippen molar-refractivity contribution in [1.29, 1.82) is 0 Å². The molecule has 518 valence electrons. The molecule has 0 unspecified atom stereocenters. The van der Waals surface area contributed by atoms with Gasteiger partial charge in [0.15, 0.2) is 0 Å². The number of hydrogen-bond donors (Lipinski definition) is 0. The average Bonchev–Trinajstić information content (AvgIpc) is 1.53. The molecule has 0 fully saturated rings. The normalized spacial score (nSPS) is 13.4. The van der Waals surface area contributed by atoms with Crippen molar-refractivity contribution in [3.05, 3.63) is 374 Å². The van der Waals surface area contributed by atoms with E-state index in [9.17, 15) is 0 Å². The highest BCUT2D eigenvalue weighted by Gasteiger charge is 2.38. The van der Waals surface area contributed by atoms with E-state index >= 15 is 0 Å². The molecule has 0 spiro atoms. The Morgan fingerprint density at radius 2 is 0.591 bits per heavy atom. The van der Waals surface area contributed by atoms with Crippen LogP contribution in [0.2, 0.25) is 0 Å². The highest BCUT2D eigenvalue weighted by molar-refractivity contribution is 6.26. The lowest BCUT2D eigenvalue weighted by Gasteiger charge is -2.26. The minimum absolute atomic E-state index is 0.221. The summed E-state index contributed by atoms with van der Waals surface area (Å²) in [5.74, 6) is 1.73. The van der Waals surface area contributed by atoms with E-state index < -0.39 is 0 Å². The van der Waals surface area contributed by atoms with E-state index in [-0.39, 0.29) is 10.8 Å². The van der Waals surface area contributed by atoms with E-state index in [1.165, 1.54) is 87.9 Å². The fourth-order valence-corrected chi connectivity index (χ4v) is 19.0. The van der Waals surface area contributed by atoms with E-state index in [4.69, 9.17) is 8.83 Å². The summed E-state index contributed by atoms with van der Waals surface area (Å²) in [4.78, 5) is 4.80. The van der Waals surface area contributed by atoms with Crippen molar-refractivity contribution in [3.63, 3.8) is 0 Å². The monoisotopic (exact) mass is 1410 g/mol. The van der Waals surface area contributed by atoms with Crippen LogP contribution in [-0.4, -0.2) is 9.13 Å². The van der Waals surface area contributed by atoms with Crippen molar-refractivity contribution in [3.8, 4) is 56.3 Å². The Kier molecular flexibility index (Phi) is 13.2. The molecule has 4 heterocycles. The van der Waals surface area contributed by atoms with Gasteiger partial charge in [0, 0.05) is 111 Å². The molecule has 4 aromatic heterocycles. The lowest BCUT2D eigenvalue weighted by molar-refractivity contribution is 0.631. The van der Waals surface area contributed by atoms with Crippen LogP contribution in [0.15, 0.2) is 361 Å². The predicted octanol–water partition coefficient (Wildman–Crippen LogP) is 28.9. The molecule has 0 aliphatic heterocycles. The number of fused-ring (bicyclic) bond motifs is 20. The number of anilines is 6. The lowest BCUT2D eigenvalue weighted by Crippen LogP contribution is -2.15. The van der Waals surface area contributed by atoms with Gasteiger partial charge in [-0.1, -0.05) is 234 Å². The van der Waals surface area contributed by atoms with Gasteiger partial charge in [-0.3, -0.25) is 0 Å². The second-order valence-corrected chi connectivity index (χ2v) is 31.2. The largest absolute Gasteiger partial charge is 0.456 e. The maximum atomic E-state index is 6.36. The van der Waals surface area contributed by atoms with Gasteiger partial charge in [-0.25, -0.2) is 0 Å². The van der Waals surface area contributed by atoms with Crippen molar-refractivity contribution in [2.45, 2.75) is 38.5 Å². The number of nitrogens with zero attached hydrogens (tertiary/aromatic N) is 4. The van der Waals surface area contributed by atoms with E-state index in [0.717, 1.165) is 133 Å². The van der Waals surface area contributed by atoms with Crippen LogP contribution in [0.25, 0.3) is 165 Å². The van der Waals surface area contributed by atoms with Crippen LogP contribution in [-0.2, 0) is 10.8 Å². The SMILES string of the molecule is CC1(C)c2ccccc2-c2ccc(-n3c4cc5c6ccc7cc(N(c8ccccc8)c8ccc9cc(-c%10cc%11ccccc%11o%10)ccc9c8)ccc7c6n(-c6ccc7c(c6)C(C)(C)c6ccccc6-7)c5cc4c4ccc5cc(N(c6ccccc6)c6ccc7cc(-c8cc9ccccc9o8)ccc7c6)ccc5c43)cc21. The Labute approximate surface area is 635 Å². The van der Waals surface area contributed by atoms with Gasteiger partial charge in [-0.15, -0.1) is 0 Å². The summed E-state index contributed by atoms with van der Waals surface area (Å²) in [6.07, 6.45) is 0. The summed E-state index contributed by atoms with van der Waals surface area (Å²) >= 11 is 0. The third-order valence-corrected chi connectivity index (χ3v) is 24.4. The minimum Gasteiger partial charge on any atom is -0.456 e. The molecule has 2 aliphatic carbocycles. The molecule has 17 aromatic carbocycles. The van der Waals surface area contributed by atoms with Crippen molar-refractivity contribution >= 4 is 143 Å². The van der Waals surface area contributed by atoms with Gasteiger partial charge in [0.05, 0.1) is 22.1 Å². The third-order valence-electron chi connectivity index (χ3n) is 24.4. The van der Waals surface area contributed by atoms with Crippen molar-refractivity contribution < 1.29 is 8.83 Å². The van der Waals surface area contributed by atoms with Crippen LogP contribution in [0.1, 0.15) is 49.9 Å². The number of hydrogen-bond acceptors (Lipinski definition) is 4. The van der Waals surface area contributed by atoms with E-state index in [1.54, 1.807) is 0 Å². The molecule has 0 radical (unpaired) electrons. The van der Waals surface area contributed by atoms with Crippen molar-refractivity contribution in [1.82, 2.24) is 9.13 Å². The highest BCUT2D eigenvalue weighted by Crippen LogP contribution is 2.54. The molecule has 0 N–H and O–H groups in total. The number of rotatable bonds is 10. The fourth-order valence-electron chi connectivity index (χ4n) is 19.0. The molecule has 110 heavy (non-hydrogen) atoms. The van der Waals surface area contributed by atoms with Crippen LogP contribution in [0.4, 0.5) is 34.1 Å². The van der Waals surface area contributed by atoms with Gasteiger partial charge in [-0.05, 0) is 222 Å². The first-order valence-electron chi connectivity index (χ1n) is 38.2. The molecular formula is C104H70N4O2. The van der Waals surface area contributed by atoms with Gasteiger partial charge < -0.3 is 27.8 Å². The van der Waals surface area contributed by atoms with Crippen LogP contribution in [0.5, 0.6) is 0 Å². The van der Waals surface area contributed by atoms with Crippen LogP contribution < -0.4 is 9.80 Å². The Hall–Kier alpha value is -13.9. The topological polar surface area (TPSA) is 42.6 Å². The highest BCUT2D eigenvalue weighted by atomic mass is 16.3. The molecule has 6 nitrogen and oxygen atoms in total. The summed E-state index contributed by atoms with van der Waals surface area (Å²) in [6, 6.07) is 131. The molecule has 21 aromatic rings. The maximum absolute atomic E-state index is 6.36. The van der Waals surface area contributed by atoms with Crippen molar-refractivity contribution in [2.75, 3.05) is 9.80 Å². The summed E-state index contributed by atoms with van der Waals surface area (Å²) in [7, 11) is 0. The molecule has 6 heteroatoms.